The van der Waals surface area contributed by atoms with Crippen LogP contribution in [0, 0.1) is 6.92 Å². The molecule has 28 heavy (non-hydrogen) atoms. The highest BCUT2D eigenvalue weighted by Crippen LogP contribution is 2.20. The smallest absolute Gasteiger partial charge is 0.205 e. The first-order valence-electron chi connectivity index (χ1n) is 9.90. The number of nitrogens with zero attached hydrogens (tertiary/aromatic N) is 5. The van der Waals surface area contributed by atoms with E-state index in [4.69, 9.17) is 4.74 Å². The monoisotopic (exact) mass is 402 g/mol. The number of ether oxygens (including phenoxy) is 1. The number of guanidine groups is 1. The first kappa shape index (κ1) is 20.4. The number of aromatic nitrogens is 2. The molecule has 3 rings (SSSR count). The third kappa shape index (κ3) is 4.92. The minimum absolute atomic E-state index is 0.688. The molecule has 1 saturated heterocycles. The van der Waals surface area contributed by atoms with Crippen LogP contribution < -0.4 is 15.0 Å². The van der Waals surface area contributed by atoms with E-state index in [1.165, 1.54) is 17.1 Å². The molecule has 1 N–H and O–H groups in total. The van der Waals surface area contributed by atoms with Crippen molar-refractivity contribution in [3.05, 3.63) is 35.2 Å². The lowest BCUT2D eigenvalue weighted by Crippen LogP contribution is -2.52. The summed E-state index contributed by atoms with van der Waals surface area (Å²) < 4.78 is 10.0. The molecule has 2 aromatic rings. The molecule has 1 fully saturated rings. The van der Waals surface area contributed by atoms with Crippen LogP contribution in [0.5, 0.6) is 5.75 Å². The minimum Gasteiger partial charge on any atom is -0.494 e. The van der Waals surface area contributed by atoms with Crippen molar-refractivity contribution < 1.29 is 4.74 Å². The number of hydrogen-bond donors (Lipinski definition) is 1. The fraction of sp³-hybridized carbons (Fsp3) is 0.550. The first-order valence-corrected chi connectivity index (χ1v) is 10.7. The summed E-state index contributed by atoms with van der Waals surface area (Å²) in [4.78, 5) is 13.7. The highest BCUT2D eigenvalue weighted by atomic mass is 32.1. The summed E-state index contributed by atoms with van der Waals surface area (Å²) in [5.41, 5.74) is 2.38. The van der Waals surface area contributed by atoms with E-state index in [0.717, 1.165) is 67.4 Å². The number of aliphatic imine (C=N–C) groups is 1. The molecular weight excluding hydrogens is 372 g/mol. The Hall–Kier alpha value is -2.35. The van der Waals surface area contributed by atoms with Gasteiger partial charge in [0.25, 0.3) is 0 Å². The fourth-order valence-corrected chi connectivity index (χ4v) is 4.08. The van der Waals surface area contributed by atoms with E-state index < -0.39 is 0 Å². The summed E-state index contributed by atoms with van der Waals surface area (Å²) >= 11 is 1.50. The van der Waals surface area contributed by atoms with E-state index in [9.17, 15) is 0 Å². The third-order valence-corrected chi connectivity index (χ3v) is 5.64. The predicted molar refractivity (Wildman–Crippen MR) is 116 cm³/mol. The maximum Gasteiger partial charge on any atom is 0.205 e. The van der Waals surface area contributed by atoms with Crippen LogP contribution in [-0.2, 0) is 13.0 Å². The number of benzene rings is 1. The van der Waals surface area contributed by atoms with Crippen molar-refractivity contribution in [3.8, 4) is 5.75 Å². The van der Waals surface area contributed by atoms with E-state index in [0.29, 0.717) is 6.61 Å². The van der Waals surface area contributed by atoms with Crippen molar-refractivity contribution in [3.63, 3.8) is 0 Å². The van der Waals surface area contributed by atoms with Crippen LogP contribution >= 0.6 is 11.5 Å². The van der Waals surface area contributed by atoms with Crippen LogP contribution in [0.25, 0.3) is 0 Å². The van der Waals surface area contributed by atoms with Crippen LogP contribution in [0.15, 0.2) is 23.2 Å². The molecule has 0 aliphatic carbocycles. The molecule has 8 heteroatoms. The molecule has 0 spiro atoms. The van der Waals surface area contributed by atoms with Gasteiger partial charge in [-0.25, -0.2) is 4.98 Å². The highest BCUT2D eigenvalue weighted by Gasteiger charge is 2.22. The highest BCUT2D eigenvalue weighted by molar-refractivity contribution is 7.09. The van der Waals surface area contributed by atoms with Gasteiger partial charge in [-0.1, -0.05) is 19.1 Å². The standard InChI is InChI=1S/C20H30N6OS/c1-5-18-23-20(28-24-18)26-11-9-25(10-12-26)19(21-4)22-14-16-7-8-17(27-6-2)15(3)13-16/h7-8,13H,5-6,9-12,14H2,1-4H3,(H,21,22). The van der Waals surface area contributed by atoms with Crippen LogP contribution in [-0.4, -0.2) is 60.1 Å². The zero-order valence-electron chi connectivity index (χ0n) is 17.2. The Morgan fingerprint density at radius 2 is 2.04 bits per heavy atom. The average molecular weight is 403 g/mol. The molecule has 7 nitrogen and oxygen atoms in total. The van der Waals surface area contributed by atoms with Gasteiger partial charge in [-0.3, -0.25) is 4.99 Å². The molecule has 1 aliphatic rings. The number of anilines is 1. The van der Waals surface area contributed by atoms with Gasteiger partial charge in [-0.2, -0.15) is 4.37 Å². The van der Waals surface area contributed by atoms with E-state index in [2.05, 4.69) is 55.4 Å². The summed E-state index contributed by atoms with van der Waals surface area (Å²) in [7, 11) is 1.84. The summed E-state index contributed by atoms with van der Waals surface area (Å²) in [6, 6.07) is 6.32. The Labute approximate surface area is 171 Å². The van der Waals surface area contributed by atoms with Crippen molar-refractivity contribution in [1.29, 1.82) is 0 Å². The SMILES string of the molecule is CCOc1ccc(CNC(=NC)N2CCN(c3nc(CC)ns3)CC2)cc1C. The van der Waals surface area contributed by atoms with E-state index in [1.807, 2.05) is 20.0 Å². The van der Waals surface area contributed by atoms with Gasteiger partial charge in [-0.05, 0) is 31.0 Å². The number of rotatable bonds is 6. The maximum absolute atomic E-state index is 5.62. The second-order valence-corrected chi connectivity index (χ2v) is 7.48. The molecule has 0 bridgehead atoms. The van der Waals surface area contributed by atoms with Gasteiger partial charge in [0.05, 0.1) is 6.61 Å². The molecule has 0 radical (unpaired) electrons. The molecule has 152 valence electrons. The summed E-state index contributed by atoms with van der Waals surface area (Å²) in [6.45, 7) is 11.3. The minimum atomic E-state index is 0.688. The van der Waals surface area contributed by atoms with E-state index >= 15 is 0 Å². The number of aryl methyl sites for hydroxylation is 2. The second kappa shape index (κ2) is 9.73. The second-order valence-electron chi connectivity index (χ2n) is 6.75. The van der Waals surface area contributed by atoms with Crippen molar-refractivity contribution in [2.24, 2.45) is 4.99 Å². The van der Waals surface area contributed by atoms with Crippen LogP contribution in [0.4, 0.5) is 5.13 Å². The van der Waals surface area contributed by atoms with Crippen molar-refractivity contribution in [1.82, 2.24) is 19.6 Å². The number of hydrogen-bond acceptors (Lipinski definition) is 6. The Balaban J connectivity index is 1.53. The molecule has 1 aliphatic heterocycles. The molecule has 1 aromatic heterocycles. The van der Waals surface area contributed by atoms with Gasteiger partial charge in [0, 0.05) is 57.7 Å². The topological polar surface area (TPSA) is 65.9 Å². The van der Waals surface area contributed by atoms with Crippen LogP contribution in [0.3, 0.4) is 0 Å². The van der Waals surface area contributed by atoms with E-state index in [-0.39, 0.29) is 0 Å². The lowest BCUT2D eigenvalue weighted by Gasteiger charge is -2.36. The van der Waals surface area contributed by atoms with Gasteiger partial charge < -0.3 is 19.9 Å². The summed E-state index contributed by atoms with van der Waals surface area (Å²) in [5.74, 6) is 2.83. The molecule has 0 amide bonds. The maximum atomic E-state index is 5.62. The van der Waals surface area contributed by atoms with Gasteiger partial charge in [0.2, 0.25) is 5.13 Å². The average Bonchev–Trinajstić information content (AvgIpc) is 3.20. The lowest BCUT2D eigenvalue weighted by atomic mass is 10.1. The van der Waals surface area contributed by atoms with Gasteiger partial charge >= 0.3 is 0 Å². The Bertz CT molecular complexity index is 798. The largest absolute Gasteiger partial charge is 0.494 e. The zero-order chi connectivity index (χ0) is 19.9. The number of nitrogens with one attached hydrogen (secondary N) is 1. The van der Waals surface area contributed by atoms with Gasteiger partial charge in [0.1, 0.15) is 11.6 Å². The predicted octanol–water partition coefficient (Wildman–Crippen LogP) is 2.71. The van der Waals surface area contributed by atoms with Crippen LogP contribution in [0.1, 0.15) is 30.8 Å². The van der Waals surface area contributed by atoms with Crippen molar-refractivity contribution >= 4 is 22.6 Å². The Kier molecular flexibility index (Phi) is 7.08. The quantitative estimate of drug-likeness (QED) is 0.592. The molecule has 1 aromatic carbocycles. The van der Waals surface area contributed by atoms with Crippen molar-refractivity contribution in [2.75, 3.05) is 44.7 Å². The number of piperazine rings is 1. The third-order valence-electron chi connectivity index (χ3n) is 4.82. The molecule has 0 atom stereocenters. The summed E-state index contributed by atoms with van der Waals surface area (Å²) in [6.07, 6.45) is 0.887. The normalized spacial score (nSPS) is 15.1. The molecule has 0 unspecified atom stereocenters. The molecule has 2 heterocycles. The van der Waals surface area contributed by atoms with Gasteiger partial charge in [0.15, 0.2) is 5.96 Å². The Morgan fingerprint density at radius 3 is 2.64 bits per heavy atom. The molecule has 0 saturated carbocycles. The summed E-state index contributed by atoms with van der Waals surface area (Å²) in [5, 5.41) is 4.52. The fourth-order valence-electron chi connectivity index (χ4n) is 3.28. The van der Waals surface area contributed by atoms with E-state index in [1.54, 1.807) is 0 Å². The van der Waals surface area contributed by atoms with Crippen LogP contribution in [0.2, 0.25) is 0 Å². The zero-order valence-corrected chi connectivity index (χ0v) is 18.1. The van der Waals surface area contributed by atoms with Gasteiger partial charge in [-0.15, -0.1) is 0 Å². The molecular formula is C20H30N6OS. The lowest BCUT2D eigenvalue weighted by molar-refractivity contribution is 0.337. The first-order chi connectivity index (χ1) is 13.6. The Morgan fingerprint density at radius 1 is 1.25 bits per heavy atom. The van der Waals surface area contributed by atoms with Crippen molar-refractivity contribution in [2.45, 2.75) is 33.7 Å².